The van der Waals surface area contributed by atoms with Gasteiger partial charge in [0.25, 0.3) is 0 Å². The minimum atomic E-state index is -0.951. The maximum atomic E-state index is 12.1. The summed E-state index contributed by atoms with van der Waals surface area (Å²) in [5.41, 5.74) is -0.744. The number of urea groups is 1. The fourth-order valence-electron chi connectivity index (χ4n) is 1.81. The van der Waals surface area contributed by atoms with E-state index in [1.54, 1.807) is 13.8 Å². The van der Waals surface area contributed by atoms with Crippen molar-refractivity contribution in [1.29, 1.82) is 0 Å². The molecule has 0 bridgehead atoms. The molecule has 4 amide bonds. The van der Waals surface area contributed by atoms with Crippen molar-refractivity contribution < 1.29 is 24.3 Å². The Bertz CT molecular complexity index is 446. The van der Waals surface area contributed by atoms with E-state index in [9.17, 15) is 19.2 Å². The molecule has 8 heteroatoms. The molecule has 3 N–H and O–H groups in total. The number of nitrogens with zero attached hydrogens (tertiary/aromatic N) is 1. The average molecular weight is 285 g/mol. The van der Waals surface area contributed by atoms with Crippen LogP contribution in [-0.4, -0.2) is 51.9 Å². The molecule has 0 radical (unpaired) electrons. The Hall–Kier alpha value is -2.12. The van der Waals surface area contributed by atoms with Gasteiger partial charge >= 0.3 is 12.0 Å². The smallest absolute Gasteiger partial charge is 0.318 e. The minimum Gasteiger partial charge on any atom is -0.481 e. The van der Waals surface area contributed by atoms with Gasteiger partial charge in [-0.05, 0) is 27.2 Å². The molecule has 1 heterocycles. The Morgan fingerprint density at radius 3 is 2.60 bits per heavy atom. The van der Waals surface area contributed by atoms with Crippen molar-refractivity contribution in [1.82, 2.24) is 15.5 Å². The number of rotatable bonds is 4. The first kappa shape index (κ1) is 15.9. The Labute approximate surface area is 116 Å². The van der Waals surface area contributed by atoms with Crippen LogP contribution in [0, 0.1) is 0 Å². The van der Waals surface area contributed by atoms with Gasteiger partial charge in [0.1, 0.15) is 12.6 Å². The van der Waals surface area contributed by atoms with E-state index in [0.29, 0.717) is 0 Å². The van der Waals surface area contributed by atoms with E-state index >= 15 is 0 Å². The van der Waals surface area contributed by atoms with Crippen molar-refractivity contribution in [3.05, 3.63) is 0 Å². The maximum absolute atomic E-state index is 12.1. The second-order valence-electron chi connectivity index (χ2n) is 5.42. The topological polar surface area (TPSA) is 116 Å². The number of hydrogen-bond acceptors (Lipinski definition) is 4. The molecule has 8 nitrogen and oxygen atoms in total. The predicted molar refractivity (Wildman–Crippen MR) is 68.8 cm³/mol. The van der Waals surface area contributed by atoms with E-state index < -0.39 is 35.4 Å². The molecular formula is C12H19N3O5. The number of carboxylic acid groups (broad SMARTS) is 1. The molecule has 0 aromatic carbocycles. The van der Waals surface area contributed by atoms with E-state index in [1.165, 1.54) is 6.92 Å². The molecule has 20 heavy (non-hydrogen) atoms. The largest absolute Gasteiger partial charge is 0.481 e. The van der Waals surface area contributed by atoms with Crippen molar-refractivity contribution in [3.63, 3.8) is 0 Å². The summed E-state index contributed by atoms with van der Waals surface area (Å²) in [7, 11) is 0. The summed E-state index contributed by atoms with van der Waals surface area (Å²) in [5.74, 6) is -2.01. The monoisotopic (exact) mass is 285 g/mol. The average Bonchev–Trinajstić information content (AvgIpc) is 2.30. The summed E-state index contributed by atoms with van der Waals surface area (Å²) in [6.07, 6.45) is 0.165. The van der Waals surface area contributed by atoms with Crippen molar-refractivity contribution in [3.8, 4) is 0 Å². The number of carbonyl (C=O) groups is 4. The van der Waals surface area contributed by atoms with E-state index in [-0.39, 0.29) is 19.4 Å². The van der Waals surface area contributed by atoms with E-state index in [2.05, 4.69) is 10.6 Å². The second kappa shape index (κ2) is 5.89. The van der Waals surface area contributed by atoms with Crippen LogP contribution in [-0.2, 0) is 14.4 Å². The van der Waals surface area contributed by atoms with Gasteiger partial charge in [0, 0.05) is 12.0 Å². The normalized spacial score (nSPS) is 19.6. The molecule has 1 rings (SSSR count). The molecule has 0 aromatic rings. The number of piperazine rings is 1. The highest BCUT2D eigenvalue weighted by Gasteiger charge is 2.35. The van der Waals surface area contributed by atoms with E-state index in [1.807, 2.05) is 0 Å². The zero-order valence-electron chi connectivity index (χ0n) is 11.7. The van der Waals surface area contributed by atoms with E-state index in [0.717, 1.165) is 4.90 Å². The predicted octanol–water partition coefficient (Wildman–Crippen LogP) is -0.314. The summed E-state index contributed by atoms with van der Waals surface area (Å²) < 4.78 is 0. The molecule has 112 valence electrons. The Morgan fingerprint density at radius 1 is 1.45 bits per heavy atom. The highest BCUT2D eigenvalue weighted by molar-refractivity contribution is 6.03. The van der Waals surface area contributed by atoms with Gasteiger partial charge in [-0.25, -0.2) is 4.79 Å². The molecule has 1 unspecified atom stereocenters. The van der Waals surface area contributed by atoms with E-state index in [4.69, 9.17) is 5.11 Å². The molecule has 0 aromatic heterocycles. The van der Waals surface area contributed by atoms with Crippen molar-refractivity contribution in [2.24, 2.45) is 0 Å². The molecule has 1 aliphatic heterocycles. The fraction of sp³-hybridized carbons (Fsp3) is 0.667. The number of carbonyl (C=O) groups excluding carboxylic acids is 3. The van der Waals surface area contributed by atoms with Crippen molar-refractivity contribution >= 4 is 23.8 Å². The Morgan fingerprint density at radius 2 is 2.05 bits per heavy atom. The molecule has 1 fully saturated rings. The third-order valence-corrected chi connectivity index (χ3v) is 3.09. The second-order valence-corrected chi connectivity index (χ2v) is 5.42. The van der Waals surface area contributed by atoms with Crippen LogP contribution >= 0.6 is 0 Å². The lowest BCUT2D eigenvalue weighted by atomic mass is 9.98. The van der Waals surface area contributed by atoms with Crippen LogP contribution in [0.1, 0.15) is 33.6 Å². The lowest BCUT2D eigenvalue weighted by Crippen LogP contribution is -2.62. The minimum absolute atomic E-state index is 0.0811. The van der Waals surface area contributed by atoms with Crippen LogP contribution in [0.2, 0.25) is 0 Å². The van der Waals surface area contributed by atoms with Crippen LogP contribution in [0.4, 0.5) is 4.79 Å². The first-order valence-corrected chi connectivity index (χ1v) is 6.26. The van der Waals surface area contributed by atoms with Crippen LogP contribution in [0.3, 0.4) is 0 Å². The van der Waals surface area contributed by atoms with Gasteiger partial charge < -0.3 is 15.3 Å². The van der Waals surface area contributed by atoms with Crippen LogP contribution in [0.15, 0.2) is 0 Å². The van der Waals surface area contributed by atoms with Gasteiger partial charge in [0.2, 0.25) is 11.8 Å². The lowest BCUT2D eigenvalue weighted by molar-refractivity contribution is -0.138. The van der Waals surface area contributed by atoms with Gasteiger partial charge in [-0.2, -0.15) is 0 Å². The van der Waals surface area contributed by atoms with Gasteiger partial charge in [0.15, 0.2) is 0 Å². The zero-order valence-corrected chi connectivity index (χ0v) is 11.7. The van der Waals surface area contributed by atoms with Gasteiger partial charge in [0.05, 0.1) is 0 Å². The quantitative estimate of drug-likeness (QED) is 0.612. The standard InChI is InChI=1S/C12H19N3O5/c1-7-10(19)13-8(16)6-15(7)11(20)14-12(2,3)5-4-9(17)18/h7H,4-6H2,1-3H3,(H,14,20)(H,17,18)(H,13,16,19). The van der Waals surface area contributed by atoms with Crippen LogP contribution in [0.25, 0.3) is 0 Å². The number of amides is 4. The number of aliphatic carboxylic acids is 1. The van der Waals surface area contributed by atoms with Crippen molar-refractivity contribution in [2.75, 3.05) is 6.54 Å². The van der Waals surface area contributed by atoms with Gasteiger partial charge in [-0.1, -0.05) is 0 Å². The molecule has 0 saturated carbocycles. The molecule has 1 aliphatic rings. The summed E-state index contributed by atoms with van der Waals surface area (Å²) in [5, 5.41) is 13.4. The third-order valence-electron chi connectivity index (χ3n) is 3.09. The maximum Gasteiger partial charge on any atom is 0.318 e. The number of imide groups is 1. The first-order valence-electron chi connectivity index (χ1n) is 6.26. The van der Waals surface area contributed by atoms with Crippen molar-refractivity contribution in [2.45, 2.75) is 45.2 Å². The zero-order chi connectivity index (χ0) is 15.5. The third kappa shape index (κ3) is 4.22. The summed E-state index contributed by atoms with van der Waals surface area (Å²) in [6, 6.07) is -1.31. The summed E-state index contributed by atoms with van der Waals surface area (Å²) in [4.78, 5) is 46.5. The number of carboxylic acids is 1. The lowest BCUT2D eigenvalue weighted by Gasteiger charge is -2.35. The highest BCUT2D eigenvalue weighted by atomic mass is 16.4. The summed E-state index contributed by atoms with van der Waals surface area (Å²) >= 11 is 0. The molecule has 1 atom stereocenters. The highest BCUT2D eigenvalue weighted by Crippen LogP contribution is 2.13. The molecule has 0 aliphatic carbocycles. The number of hydrogen-bond donors (Lipinski definition) is 3. The van der Waals surface area contributed by atoms with Crippen LogP contribution < -0.4 is 10.6 Å². The fourth-order valence-corrected chi connectivity index (χ4v) is 1.81. The first-order chi connectivity index (χ1) is 9.12. The van der Waals surface area contributed by atoms with Gasteiger partial charge in [-0.15, -0.1) is 0 Å². The van der Waals surface area contributed by atoms with Gasteiger partial charge in [-0.3, -0.25) is 19.7 Å². The SMILES string of the molecule is CC1C(=O)NC(=O)CN1C(=O)NC(C)(C)CCC(=O)O. The molecular weight excluding hydrogens is 266 g/mol. The Balaban J connectivity index is 2.67. The summed E-state index contributed by atoms with van der Waals surface area (Å²) in [6.45, 7) is 4.69. The Kier molecular flexibility index (Phi) is 4.69. The van der Waals surface area contributed by atoms with Crippen LogP contribution in [0.5, 0.6) is 0 Å². The molecule has 0 spiro atoms. The molecule has 1 saturated heterocycles. The number of nitrogens with one attached hydrogen (secondary N) is 2.